The molecule has 7 aromatic rings. The molecule has 1 aliphatic heterocycles. The minimum absolute atomic E-state index is 0.631. The Hall–Kier alpha value is -5.44. The zero-order valence-electron chi connectivity index (χ0n) is 24.6. The maximum Gasteiger partial charge on any atom is 0.164 e. The molecule has 45 heavy (non-hydrogen) atoms. The van der Waals surface area contributed by atoms with Crippen LogP contribution in [-0.4, -0.2) is 21.6 Å². The van der Waals surface area contributed by atoms with Gasteiger partial charge in [0, 0.05) is 27.3 Å². The Bertz CT molecular complexity index is 2190. The Morgan fingerprint density at radius 3 is 1.42 bits per heavy atom. The Morgan fingerprint density at radius 2 is 0.800 bits per heavy atom. The maximum absolute atomic E-state index is 13.9. The molecule has 5 heteroatoms. The van der Waals surface area contributed by atoms with Gasteiger partial charge in [-0.05, 0) is 52.2 Å². The third-order valence-electron chi connectivity index (χ3n) is 8.48. The van der Waals surface area contributed by atoms with Gasteiger partial charge in [-0.25, -0.2) is 15.0 Å². The molecule has 0 saturated carbocycles. The summed E-state index contributed by atoms with van der Waals surface area (Å²) < 4.78 is 13.9. The molecule has 0 N–H and O–H groups in total. The Morgan fingerprint density at radius 1 is 0.378 bits per heavy atom. The Labute approximate surface area is 262 Å². The second kappa shape index (κ2) is 10.9. The topological polar surface area (TPSA) is 55.7 Å². The van der Waals surface area contributed by atoms with Crippen LogP contribution in [0.25, 0.3) is 67.5 Å². The zero-order chi connectivity index (χ0) is 30.4. The highest BCUT2D eigenvalue weighted by molar-refractivity contribution is 7.79. The number of fused-ring (bicyclic) bond motifs is 3. The summed E-state index contributed by atoms with van der Waals surface area (Å²) in [6, 6.07) is 51.3. The predicted molar refractivity (Wildman–Crippen MR) is 185 cm³/mol. The van der Waals surface area contributed by atoms with Crippen molar-refractivity contribution in [3.63, 3.8) is 0 Å². The molecule has 1 unspecified atom stereocenters. The zero-order valence-corrected chi connectivity index (χ0v) is 25.5. The first-order valence-electron chi connectivity index (χ1n) is 14.9. The molecule has 0 spiro atoms. The molecule has 0 radical (unpaired) electrons. The molecule has 6 aromatic carbocycles. The predicted octanol–water partition coefficient (Wildman–Crippen LogP) is 9.13. The minimum Gasteiger partial charge on any atom is -0.314 e. The van der Waals surface area contributed by atoms with E-state index in [2.05, 4.69) is 72.8 Å². The SMILES string of the molecule is CP1(=O)c2ccccc2-c2ccc(-c3cccc(-c4ccc(-c5nc(-c6ccccc6)nc(-c6ccccc6)n5)cc4)c3)cc21. The molecule has 1 aliphatic rings. The summed E-state index contributed by atoms with van der Waals surface area (Å²) in [4.78, 5) is 14.5. The largest absolute Gasteiger partial charge is 0.314 e. The van der Waals surface area contributed by atoms with Crippen molar-refractivity contribution in [2.24, 2.45) is 0 Å². The van der Waals surface area contributed by atoms with Crippen LogP contribution in [0.2, 0.25) is 0 Å². The maximum atomic E-state index is 13.9. The van der Waals surface area contributed by atoms with Gasteiger partial charge in [-0.3, -0.25) is 0 Å². The van der Waals surface area contributed by atoms with Gasteiger partial charge in [0.15, 0.2) is 17.5 Å². The standard InChI is InChI=1S/C40H28N3OP/c1-45(44)36-18-9-8-17-34(36)35-24-23-33(26-37(35)45)32-16-10-15-31(25-32)27-19-21-30(22-20-27)40-42-38(28-11-4-2-5-12-28)41-39(43-40)29-13-6-3-7-14-29/h2-26H,1H3. The van der Waals surface area contributed by atoms with Crippen molar-refractivity contribution in [1.29, 1.82) is 0 Å². The van der Waals surface area contributed by atoms with E-state index in [-0.39, 0.29) is 0 Å². The number of rotatable bonds is 5. The van der Waals surface area contributed by atoms with Crippen LogP contribution in [0.15, 0.2) is 152 Å². The third-order valence-corrected chi connectivity index (χ3v) is 11.1. The normalized spacial score (nSPS) is 15.0. The summed E-state index contributed by atoms with van der Waals surface area (Å²) in [5.74, 6) is 1.92. The second-order valence-electron chi connectivity index (χ2n) is 11.4. The fourth-order valence-electron chi connectivity index (χ4n) is 6.12. The number of aromatic nitrogens is 3. The molecule has 1 aromatic heterocycles. The van der Waals surface area contributed by atoms with E-state index >= 15 is 0 Å². The lowest BCUT2D eigenvalue weighted by Gasteiger charge is -2.12. The van der Waals surface area contributed by atoms with Crippen LogP contribution < -0.4 is 10.6 Å². The van der Waals surface area contributed by atoms with Crippen molar-refractivity contribution in [2.75, 3.05) is 6.66 Å². The monoisotopic (exact) mass is 597 g/mol. The van der Waals surface area contributed by atoms with E-state index in [0.717, 1.165) is 60.7 Å². The first-order valence-corrected chi connectivity index (χ1v) is 17.1. The van der Waals surface area contributed by atoms with Gasteiger partial charge >= 0.3 is 0 Å². The van der Waals surface area contributed by atoms with E-state index in [1.807, 2.05) is 85.5 Å². The molecule has 214 valence electrons. The summed E-state index contributed by atoms with van der Waals surface area (Å²) in [6.45, 7) is 1.89. The van der Waals surface area contributed by atoms with Gasteiger partial charge in [0.05, 0.1) is 0 Å². The van der Waals surface area contributed by atoms with Crippen molar-refractivity contribution in [3.05, 3.63) is 152 Å². The van der Waals surface area contributed by atoms with Gasteiger partial charge < -0.3 is 4.57 Å². The summed E-state index contributed by atoms with van der Waals surface area (Å²) in [5, 5.41) is 1.90. The van der Waals surface area contributed by atoms with Crippen molar-refractivity contribution >= 4 is 17.8 Å². The Balaban J connectivity index is 1.13. The number of benzene rings is 6. The van der Waals surface area contributed by atoms with Crippen LogP contribution in [0, 0.1) is 0 Å². The van der Waals surface area contributed by atoms with Gasteiger partial charge in [0.25, 0.3) is 0 Å². The van der Waals surface area contributed by atoms with Gasteiger partial charge in [0.2, 0.25) is 0 Å². The van der Waals surface area contributed by atoms with Crippen LogP contribution in [0.3, 0.4) is 0 Å². The average Bonchev–Trinajstić information content (AvgIpc) is 3.34. The molecule has 0 amide bonds. The van der Waals surface area contributed by atoms with Crippen LogP contribution in [-0.2, 0) is 4.57 Å². The quantitative estimate of drug-likeness (QED) is 0.186. The lowest BCUT2D eigenvalue weighted by molar-refractivity contribution is 0.591. The van der Waals surface area contributed by atoms with Crippen LogP contribution in [0.1, 0.15) is 0 Å². The van der Waals surface area contributed by atoms with Crippen molar-refractivity contribution in [1.82, 2.24) is 15.0 Å². The Kier molecular flexibility index (Phi) is 6.59. The summed E-state index contributed by atoms with van der Waals surface area (Å²) in [7, 11) is -2.64. The fraction of sp³-hybridized carbons (Fsp3) is 0.0250. The molecule has 2 heterocycles. The van der Waals surface area contributed by atoms with Crippen molar-refractivity contribution in [3.8, 4) is 67.5 Å². The van der Waals surface area contributed by atoms with Crippen molar-refractivity contribution in [2.45, 2.75) is 0 Å². The number of nitrogens with zero attached hydrogens (tertiary/aromatic N) is 3. The lowest BCUT2D eigenvalue weighted by Crippen LogP contribution is -2.08. The highest BCUT2D eigenvalue weighted by Crippen LogP contribution is 2.50. The molecular formula is C40H28N3OP. The van der Waals surface area contributed by atoms with E-state index in [9.17, 15) is 4.57 Å². The highest BCUT2D eigenvalue weighted by Gasteiger charge is 2.34. The van der Waals surface area contributed by atoms with Crippen molar-refractivity contribution < 1.29 is 4.57 Å². The summed E-state index contributed by atoms with van der Waals surface area (Å²) >= 11 is 0. The van der Waals surface area contributed by atoms with Gasteiger partial charge in [-0.2, -0.15) is 0 Å². The van der Waals surface area contributed by atoms with E-state index in [0.29, 0.717) is 17.5 Å². The molecule has 0 fully saturated rings. The first kappa shape index (κ1) is 27.1. The molecule has 4 nitrogen and oxygen atoms in total. The first-order chi connectivity index (χ1) is 22.0. The molecule has 1 atom stereocenters. The molecule has 0 aliphatic carbocycles. The van der Waals surface area contributed by atoms with E-state index in [1.165, 1.54) is 0 Å². The second-order valence-corrected chi connectivity index (χ2v) is 14.2. The van der Waals surface area contributed by atoms with E-state index in [4.69, 9.17) is 15.0 Å². The van der Waals surface area contributed by atoms with E-state index in [1.54, 1.807) is 0 Å². The molecule has 0 saturated heterocycles. The van der Waals surface area contributed by atoms with Gasteiger partial charge in [0.1, 0.15) is 7.14 Å². The number of hydrogen-bond donors (Lipinski definition) is 0. The summed E-state index contributed by atoms with van der Waals surface area (Å²) in [5.41, 5.74) is 9.33. The van der Waals surface area contributed by atoms with Gasteiger partial charge in [-0.15, -0.1) is 0 Å². The molecule has 8 rings (SSSR count). The smallest absolute Gasteiger partial charge is 0.164 e. The molecule has 0 bridgehead atoms. The van der Waals surface area contributed by atoms with Crippen LogP contribution >= 0.6 is 7.14 Å². The fourth-order valence-corrected chi connectivity index (χ4v) is 8.45. The lowest BCUT2D eigenvalue weighted by atomic mass is 9.96. The van der Waals surface area contributed by atoms with Crippen LogP contribution in [0.4, 0.5) is 0 Å². The highest BCUT2D eigenvalue weighted by atomic mass is 31.2. The minimum atomic E-state index is -2.64. The summed E-state index contributed by atoms with van der Waals surface area (Å²) in [6.07, 6.45) is 0. The van der Waals surface area contributed by atoms with Crippen LogP contribution in [0.5, 0.6) is 0 Å². The average molecular weight is 598 g/mol. The van der Waals surface area contributed by atoms with Gasteiger partial charge in [-0.1, -0.05) is 140 Å². The third kappa shape index (κ3) is 4.90. The molecular weight excluding hydrogens is 569 g/mol. The van der Waals surface area contributed by atoms with E-state index < -0.39 is 7.14 Å². The number of hydrogen-bond acceptors (Lipinski definition) is 4.